The van der Waals surface area contributed by atoms with Crippen LogP contribution in [-0.2, 0) is 0 Å². The highest BCUT2D eigenvalue weighted by Gasteiger charge is 2.33. The number of nitrogens with zero attached hydrogens (tertiary/aromatic N) is 2. The van der Waals surface area contributed by atoms with Crippen molar-refractivity contribution in [1.82, 2.24) is 10.1 Å². The van der Waals surface area contributed by atoms with Crippen molar-refractivity contribution < 1.29 is 9.32 Å². The molecule has 0 radical (unpaired) electrons. The van der Waals surface area contributed by atoms with Gasteiger partial charge in [0.1, 0.15) is 5.76 Å². The van der Waals surface area contributed by atoms with Crippen LogP contribution in [0.25, 0.3) is 0 Å². The largest absolute Gasteiger partial charge is 0.361 e. The van der Waals surface area contributed by atoms with Crippen LogP contribution in [0.4, 0.5) is 10.5 Å². The number of likely N-dealkylation sites (tertiary alicyclic amines) is 1. The van der Waals surface area contributed by atoms with E-state index in [0.29, 0.717) is 0 Å². The summed E-state index contributed by atoms with van der Waals surface area (Å²) >= 11 is 0. The third-order valence-electron chi connectivity index (χ3n) is 4.41. The number of urea groups is 1. The van der Waals surface area contributed by atoms with Gasteiger partial charge in [0.25, 0.3) is 0 Å². The van der Waals surface area contributed by atoms with Crippen molar-refractivity contribution in [1.29, 1.82) is 0 Å². The minimum absolute atomic E-state index is 0.0483. The average molecular weight is 313 g/mol. The Morgan fingerprint density at radius 3 is 2.52 bits per heavy atom. The molecule has 0 aliphatic carbocycles. The number of anilines is 1. The van der Waals surface area contributed by atoms with E-state index in [1.165, 1.54) is 0 Å². The number of hydrogen-bond acceptors (Lipinski definition) is 3. The van der Waals surface area contributed by atoms with Gasteiger partial charge >= 0.3 is 6.03 Å². The molecule has 5 nitrogen and oxygen atoms in total. The van der Waals surface area contributed by atoms with Gasteiger partial charge in [0.05, 0.1) is 11.7 Å². The van der Waals surface area contributed by atoms with Crippen LogP contribution in [0.1, 0.15) is 47.0 Å². The fourth-order valence-electron chi connectivity index (χ4n) is 3.52. The minimum atomic E-state index is -0.0579. The first kappa shape index (κ1) is 15.6. The molecule has 1 N–H and O–H groups in total. The maximum Gasteiger partial charge on any atom is 0.322 e. The van der Waals surface area contributed by atoms with Crippen LogP contribution in [0.15, 0.2) is 22.7 Å². The van der Waals surface area contributed by atoms with Gasteiger partial charge in [0, 0.05) is 17.8 Å². The molecule has 1 aliphatic rings. The Bertz CT molecular complexity index is 696. The number of benzene rings is 1. The Morgan fingerprint density at radius 2 is 1.91 bits per heavy atom. The van der Waals surface area contributed by atoms with Crippen LogP contribution >= 0.6 is 0 Å². The van der Waals surface area contributed by atoms with E-state index >= 15 is 0 Å². The summed E-state index contributed by atoms with van der Waals surface area (Å²) < 4.78 is 5.28. The molecule has 0 unspecified atom stereocenters. The quantitative estimate of drug-likeness (QED) is 0.900. The first-order valence-electron chi connectivity index (χ1n) is 8.04. The summed E-state index contributed by atoms with van der Waals surface area (Å²) in [4.78, 5) is 14.6. The Balaban J connectivity index is 1.81. The second-order valence-corrected chi connectivity index (χ2v) is 6.40. The summed E-state index contributed by atoms with van der Waals surface area (Å²) in [5, 5.41) is 7.06. The molecule has 0 spiro atoms. The Hall–Kier alpha value is -2.30. The molecule has 23 heavy (non-hydrogen) atoms. The molecule has 1 aromatic heterocycles. The second kappa shape index (κ2) is 6.07. The molecule has 122 valence electrons. The van der Waals surface area contributed by atoms with Gasteiger partial charge in [-0.05, 0) is 63.8 Å². The lowest BCUT2D eigenvalue weighted by Crippen LogP contribution is -2.34. The molecule has 0 bridgehead atoms. The molecule has 0 saturated carbocycles. The Labute approximate surface area is 136 Å². The Morgan fingerprint density at radius 1 is 1.22 bits per heavy atom. The zero-order valence-electron chi connectivity index (χ0n) is 14.1. The number of amides is 2. The molecule has 1 saturated heterocycles. The lowest BCUT2D eigenvalue weighted by molar-refractivity contribution is 0.206. The second-order valence-electron chi connectivity index (χ2n) is 6.40. The molecule has 5 heteroatoms. The van der Waals surface area contributed by atoms with Crippen LogP contribution in [0, 0.1) is 27.7 Å². The number of hydrogen-bond donors (Lipinski definition) is 1. The number of rotatable bonds is 2. The molecule has 2 aromatic rings. The lowest BCUT2D eigenvalue weighted by atomic mass is 10.0. The predicted molar refractivity (Wildman–Crippen MR) is 89.6 cm³/mol. The van der Waals surface area contributed by atoms with Gasteiger partial charge in [0.2, 0.25) is 0 Å². The smallest absolute Gasteiger partial charge is 0.322 e. The summed E-state index contributed by atoms with van der Waals surface area (Å²) in [7, 11) is 0. The van der Waals surface area contributed by atoms with E-state index in [-0.39, 0.29) is 12.1 Å². The maximum absolute atomic E-state index is 12.7. The molecular weight excluding hydrogens is 290 g/mol. The summed E-state index contributed by atoms with van der Waals surface area (Å²) in [6.07, 6.45) is 1.94. The highest BCUT2D eigenvalue weighted by molar-refractivity contribution is 5.90. The van der Waals surface area contributed by atoms with Crippen LogP contribution in [-0.4, -0.2) is 22.6 Å². The molecule has 1 aliphatic heterocycles. The topological polar surface area (TPSA) is 58.4 Å². The summed E-state index contributed by atoms with van der Waals surface area (Å²) in [6, 6.07) is 6.07. The third kappa shape index (κ3) is 3.09. The standard InChI is InChI=1S/C18H23N3O2/c1-11-8-12(2)10-15(9-11)19-18(22)21-7-5-6-16(21)17-13(3)20-23-14(17)4/h8-10,16H,5-7H2,1-4H3,(H,19,22)/t16-/m0/s1. The molecule has 2 heterocycles. The number of carbonyl (C=O) groups is 1. The van der Waals surface area contributed by atoms with Gasteiger partial charge in [-0.25, -0.2) is 4.79 Å². The zero-order valence-corrected chi connectivity index (χ0v) is 14.1. The molecular formula is C18H23N3O2. The number of aromatic nitrogens is 1. The van der Waals surface area contributed by atoms with Gasteiger partial charge < -0.3 is 14.7 Å². The number of nitrogens with one attached hydrogen (secondary N) is 1. The molecule has 2 amide bonds. The fraction of sp³-hybridized carbons (Fsp3) is 0.444. The van der Waals surface area contributed by atoms with Crippen molar-refractivity contribution in [2.75, 3.05) is 11.9 Å². The maximum atomic E-state index is 12.7. The highest BCUT2D eigenvalue weighted by atomic mass is 16.5. The van der Waals surface area contributed by atoms with Gasteiger partial charge in [0.15, 0.2) is 0 Å². The van der Waals surface area contributed by atoms with Crippen molar-refractivity contribution in [2.24, 2.45) is 0 Å². The van der Waals surface area contributed by atoms with E-state index < -0.39 is 0 Å². The zero-order chi connectivity index (χ0) is 16.6. The lowest BCUT2D eigenvalue weighted by Gasteiger charge is -2.25. The fourth-order valence-corrected chi connectivity index (χ4v) is 3.52. The first-order chi connectivity index (χ1) is 11.0. The van der Waals surface area contributed by atoms with Gasteiger partial charge in [-0.1, -0.05) is 11.2 Å². The van der Waals surface area contributed by atoms with E-state index in [4.69, 9.17) is 4.52 Å². The van der Waals surface area contributed by atoms with Crippen molar-refractivity contribution in [2.45, 2.75) is 46.6 Å². The average Bonchev–Trinajstić information content (AvgIpc) is 3.04. The summed E-state index contributed by atoms with van der Waals surface area (Å²) in [5.74, 6) is 0.804. The Kier molecular flexibility index (Phi) is 4.11. The van der Waals surface area contributed by atoms with Gasteiger partial charge in [-0.3, -0.25) is 0 Å². The normalized spacial score (nSPS) is 17.6. The molecule has 1 fully saturated rings. The van der Waals surface area contributed by atoms with E-state index in [1.807, 2.05) is 44.7 Å². The summed E-state index contributed by atoms with van der Waals surface area (Å²) in [6.45, 7) is 8.67. The van der Waals surface area contributed by atoms with E-state index in [2.05, 4.69) is 16.5 Å². The van der Waals surface area contributed by atoms with Crippen LogP contribution in [0.2, 0.25) is 0 Å². The predicted octanol–water partition coefficient (Wildman–Crippen LogP) is 4.28. The summed E-state index contributed by atoms with van der Waals surface area (Å²) in [5.41, 5.74) is 5.06. The van der Waals surface area contributed by atoms with Crippen molar-refractivity contribution in [3.05, 3.63) is 46.3 Å². The van der Waals surface area contributed by atoms with Gasteiger partial charge in [-0.2, -0.15) is 0 Å². The highest BCUT2D eigenvalue weighted by Crippen LogP contribution is 2.35. The molecule has 3 rings (SSSR count). The first-order valence-corrected chi connectivity index (χ1v) is 8.04. The van der Waals surface area contributed by atoms with Gasteiger partial charge in [-0.15, -0.1) is 0 Å². The van der Waals surface area contributed by atoms with E-state index in [9.17, 15) is 4.79 Å². The van der Waals surface area contributed by atoms with Crippen LogP contribution in [0.5, 0.6) is 0 Å². The number of aryl methyl sites for hydroxylation is 4. The SMILES string of the molecule is Cc1cc(C)cc(NC(=O)N2CCC[C@H]2c2c(C)noc2C)c1. The van der Waals surface area contributed by atoms with Crippen molar-refractivity contribution in [3.8, 4) is 0 Å². The minimum Gasteiger partial charge on any atom is -0.361 e. The third-order valence-corrected chi connectivity index (χ3v) is 4.41. The van der Waals surface area contributed by atoms with Crippen LogP contribution < -0.4 is 5.32 Å². The van der Waals surface area contributed by atoms with E-state index in [0.717, 1.165) is 53.2 Å². The van der Waals surface area contributed by atoms with E-state index in [1.54, 1.807) is 0 Å². The molecule has 1 atom stereocenters. The number of carbonyl (C=O) groups excluding carboxylic acids is 1. The molecule has 1 aromatic carbocycles. The van der Waals surface area contributed by atoms with Crippen LogP contribution in [0.3, 0.4) is 0 Å². The van der Waals surface area contributed by atoms with Crippen molar-refractivity contribution >= 4 is 11.7 Å². The monoisotopic (exact) mass is 313 g/mol. The van der Waals surface area contributed by atoms with Crippen molar-refractivity contribution in [3.63, 3.8) is 0 Å².